The minimum absolute atomic E-state index is 0.593. The average Bonchev–Trinajstić information content (AvgIpc) is 3.63. The summed E-state index contributed by atoms with van der Waals surface area (Å²) in [6.45, 7) is 6.82. The van der Waals surface area contributed by atoms with Crippen LogP contribution in [0.15, 0.2) is 195 Å². The molecule has 0 radical (unpaired) electrons. The molecule has 0 saturated heterocycles. The van der Waals surface area contributed by atoms with E-state index in [1.54, 1.807) is 0 Å². The van der Waals surface area contributed by atoms with E-state index in [9.17, 15) is 0 Å². The minimum atomic E-state index is 0.593. The van der Waals surface area contributed by atoms with Crippen molar-refractivity contribution < 1.29 is 0 Å². The van der Waals surface area contributed by atoms with E-state index in [4.69, 9.17) is 9.97 Å². The quantitative estimate of drug-likeness (QED) is 0.169. The van der Waals surface area contributed by atoms with E-state index >= 15 is 0 Å². The Balaban J connectivity index is 1.14. The van der Waals surface area contributed by atoms with Crippen molar-refractivity contribution in [3.63, 3.8) is 0 Å². The Kier molecular flexibility index (Phi) is 8.08. The van der Waals surface area contributed by atoms with Crippen LogP contribution in [0.1, 0.15) is 11.1 Å². The van der Waals surface area contributed by atoms with Gasteiger partial charge in [0, 0.05) is 67.9 Å². The summed E-state index contributed by atoms with van der Waals surface area (Å²) in [5.74, 6) is 0.593. The molecule has 6 heteroatoms. The van der Waals surface area contributed by atoms with Crippen LogP contribution < -0.4 is 4.90 Å². The van der Waals surface area contributed by atoms with Crippen molar-refractivity contribution in [1.82, 2.24) is 24.5 Å². The number of para-hydroxylation sites is 2. The van der Waals surface area contributed by atoms with Gasteiger partial charge in [-0.15, -0.1) is 0 Å². The fourth-order valence-corrected chi connectivity index (χ4v) is 8.47. The Labute approximate surface area is 342 Å². The van der Waals surface area contributed by atoms with Crippen molar-refractivity contribution in [3.8, 4) is 62.1 Å². The summed E-state index contributed by atoms with van der Waals surface area (Å²) in [5, 5.41) is 2.23. The molecule has 0 fully saturated rings. The van der Waals surface area contributed by atoms with Crippen LogP contribution in [0.5, 0.6) is 0 Å². The number of rotatable bonds is 6. The van der Waals surface area contributed by atoms with Gasteiger partial charge >= 0.3 is 0 Å². The maximum Gasteiger partial charge on any atom is 0.235 e. The second kappa shape index (κ2) is 13.9. The number of fused-ring (bicyclic) bond motifs is 6. The van der Waals surface area contributed by atoms with Gasteiger partial charge in [-0.25, -0.2) is 9.97 Å². The first-order valence-corrected chi connectivity index (χ1v) is 19.7. The lowest BCUT2D eigenvalue weighted by Crippen LogP contribution is -2.20. The van der Waals surface area contributed by atoms with Crippen molar-refractivity contribution in [2.75, 3.05) is 4.90 Å². The van der Waals surface area contributed by atoms with E-state index in [1.807, 2.05) is 48.8 Å². The molecule has 11 rings (SSSR count). The van der Waals surface area contributed by atoms with Crippen LogP contribution >= 0.6 is 0 Å². The maximum absolute atomic E-state index is 5.38. The zero-order valence-electron chi connectivity index (χ0n) is 32.3. The summed E-state index contributed by atoms with van der Waals surface area (Å²) in [6.07, 6.45) is 3.65. The highest BCUT2D eigenvalue weighted by Gasteiger charge is 2.29. The monoisotopic (exact) mass is 756 g/mol. The molecule has 5 heterocycles. The van der Waals surface area contributed by atoms with Gasteiger partial charge in [0.2, 0.25) is 5.95 Å². The molecule has 1 aliphatic rings. The second-order valence-electron chi connectivity index (χ2n) is 14.9. The Bertz CT molecular complexity index is 3120. The summed E-state index contributed by atoms with van der Waals surface area (Å²) in [7, 11) is 0. The van der Waals surface area contributed by atoms with E-state index < -0.39 is 0 Å². The molecular formula is C53H36N6. The zero-order chi connectivity index (χ0) is 39.5. The lowest BCUT2D eigenvalue weighted by molar-refractivity contribution is 0.995. The molecule has 59 heavy (non-hydrogen) atoms. The molecule has 0 N–H and O–H groups in total. The second-order valence-corrected chi connectivity index (χ2v) is 14.9. The molecule has 0 bridgehead atoms. The van der Waals surface area contributed by atoms with E-state index in [0.717, 1.165) is 101 Å². The summed E-state index contributed by atoms with van der Waals surface area (Å²) >= 11 is 0. The normalized spacial score (nSPS) is 12.2. The molecule has 10 aromatic rings. The van der Waals surface area contributed by atoms with Crippen LogP contribution in [0.2, 0.25) is 0 Å². The van der Waals surface area contributed by atoms with Crippen LogP contribution in [-0.2, 0) is 0 Å². The molecule has 0 atom stereocenters. The largest absolute Gasteiger partial charge is 0.310 e. The van der Waals surface area contributed by atoms with Crippen molar-refractivity contribution in [1.29, 1.82) is 0 Å². The summed E-state index contributed by atoms with van der Waals surface area (Å²) in [6, 6.07) is 61.3. The third kappa shape index (κ3) is 5.81. The lowest BCUT2D eigenvalue weighted by atomic mass is 9.89. The molecule has 4 aromatic heterocycles. The SMILES string of the molecule is C=C1c2ccccc2-c2cc3c(cc2N1c1ccccc1C)c1ccccc1n3-c1nc(-c2ccc(-c3ccccn3)cc2)cc(-c2ccc(-c3ccccn3)cc2)n1. The zero-order valence-corrected chi connectivity index (χ0v) is 32.3. The molecule has 0 unspecified atom stereocenters. The van der Waals surface area contributed by atoms with Crippen LogP contribution in [0.4, 0.5) is 11.4 Å². The van der Waals surface area contributed by atoms with Crippen molar-refractivity contribution >= 4 is 38.9 Å². The molecule has 6 nitrogen and oxygen atoms in total. The van der Waals surface area contributed by atoms with Crippen LogP contribution in [0, 0.1) is 6.92 Å². The van der Waals surface area contributed by atoms with Crippen molar-refractivity contribution in [3.05, 3.63) is 206 Å². The van der Waals surface area contributed by atoms with Gasteiger partial charge in [-0.2, -0.15) is 0 Å². The van der Waals surface area contributed by atoms with Gasteiger partial charge in [0.05, 0.1) is 39.5 Å². The minimum Gasteiger partial charge on any atom is -0.310 e. The molecular weight excluding hydrogens is 721 g/mol. The number of hydrogen-bond acceptors (Lipinski definition) is 5. The molecule has 0 saturated carbocycles. The molecule has 0 amide bonds. The van der Waals surface area contributed by atoms with Crippen molar-refractivity contribution in [2.24, 2.45) is 0 Å². The molecule has 278 valence electrons. The standard InChI is InChI=1S/C53H36N6/c1-34-13-3-7-19-49(34)58-35(2)40-14-4-5-15-41(40)43-31-52-44(32-51(43)58)42-16-6-8-20-50(42)59(52)53-56-47(38-25-21-36(22-26-38)45-17-9-11-29-54-45)33-48(57-53)39-27-23-37(24-28-39)46-18-10-12-30-55-46/h3-33H,2H2,1H3. The number of aryl methyl sites for hydroxylation is 1. The van der Waals surface area contributed by atoms with Gasteiger partial charge in [0.25, 0.3) is 0 Å². The Morgan fingerprint density at radius 3 is 1.58 bits per heavy atom. The van der Waals surface area contributed by atoms with E-state index in [1.165, 1.54) is 5.56 Å². The van der Waals surface area contributed by atoms with Gasteiger partial charge in [-0.3, -0.25) is 14.5 Å². The Morgan fingerprint density at radius 2 is 0.966 bits per heavy atom. The summed E-state index contributed by atoms with van der Waals surface area (Å²) in [4.78, 5) is 22.2. The molecule has 0 spiro atoms. The van der Waals surface area contributed by atoms with Gasteiger partial charge in [-0.05, 0) is 72.6 Å². The first kappa shape index (κ1) is 34.3. The van der Waals surface area contributed by atoms with Gasteiger partial charge in [0.1, 0.15) is 0 Å². The first-order chi connectivity index (χ1) is 29.1. The molecule has 0 aliphatic carbocycles. The predicted molar refractivity (Wildman–Crippen MR) is 241 cm³/mol. The average molecular weight is 757 g/mol. The number of benzene rings is 6. The summed E-state index contributed by atoms with van der Waals surface area (Å²) < 4.78 is 2.23. The maximum atomic E-state index is 5.38. The summed E-state index contributed by atoms with van der Waals surface area (Å²) in [5.41, 5.74) is 17.3. The smallest absolute Gasteiger partial charge is 0.235 e. The predicted octanol–water partition coefficient (Wildman–Crippen LogP) is 13.1. The third-order valence-electron chi connectivity index (χ3n) is 11.4. The van der Waals surface area contributed by atoms with Gasteiger partial charge in [0.15, 0.2) is 0 Å². The van der Waals surface area contributed by atoms with E-state index in [0.29, 0.717) is 5.95 Å². The van der Waals surface area contributed by atoms with Crippen molar-refractivity contribution in [2.45, 2.75) is 6.92 Å². The van der Waals surface area contributed by atoms with Crippen LogP contribution in [-0.4, -0.2) is 24.5 Å². The highest BCUT2D eigenvalue weighted by atomic mass is 15.2. The van der Waals surface area contributed by atoms with Gasteiger partial charge in [-0.1, -0.05) is 128 Å². The third-order valence-corrected chi connectivity index (χ3v) is 11.4. The van der Waals surface area contributed by atoms with Gasteiger partial charge < -0.3 is 4.90 Å². The van der Waals surface area contributed by atoms with Crippen LogP contribution in [0.3, 0.4) is 0 Å². The molecule has 1 aliphatic heterocycles. The number of nitrogens with zero attached hydrogens (tertiary/aromatic N) is 6. The van der Waals surface area contributed by atoms with Crippen LogP contribution in [0.25, 0.3) is 89.6 Å². The number of hydrogen-bond donors (Lipinski definition) is 0. The molecule has 6 aromatic carbocycles. The number of aromatic nitrogens is 5. The number of pyridine rings is 2. The topological polar surface area (TPSA) is 59.7 Å². The number of anilines is 2. The fraction of sp³-hybridized carbons (Fsp3) is 0.0189. The van der Waals surface area contributed by atoms with E-state index in [2.05, 4.69) is 172 Å². The lowest BCUT2D eigenvalue weighted by Gasteiger charge is -2.35. The Hall–Kier alpha value is -7.96. The Morgan fingerprint density at radius 1 is 0.424 bits per heavy atom. The van der Waals surface area contributed by atoms with E-state index in [-0.39, 0.29) is 0 Å². The highest BCUT2D eigenvalue weighted by molar-refractivity contribution is 6.15. The highest BCUT2D eigenvalue weighted by Crippen LogP contribution is 2.50. The fourth-order valence-electron chi connectivity index (χ4n) is 8.47. The first-order valence-electron chi connectivity index (χ1n) is 19.7.